The van der Waals surface area contributed by atoms with Crippen molar-refractivity contribution in [2.45, 2.75) is 37.3 Å². The van der Waals surface area contributed by atoms with Gasteiger partial charge in [-0.1, -0.05) is 6.07 Å². The van der Waals surface area contributed by atoms with Crippen LogP contribution >= 0.6 is 0 Å². The number of sulfone groups is 1. The van der Waals surface area contributed by atoms with Crippen LogP contribution in [0.15, 0.2) is 29.2 Å². The molecule has 0 saturated heterocycles. The Labute approximate surface area is 120 Å². The van der Waals surface area contributed by atoms with Crippen molar-refractivity contribution in [1.82, 2.24) is 5.32 Å². The lowest BCUT2D eigenvalue weighted by atomic mass is 10.1. The number of hydrogen-bond donors (Lipinski definition) is 2. The molecule has 0 aliphatic heterocycles. The Morgan fingerprint density at radius 1 is 1.35 bits per heavy atom. The van der Waals surface area contributed by atoms with Crippen molar-refractivity contribution in [2.75, 3.05) is 19.4 Å². The van der Waals surface area contributed by atoms with Gasteiger partial charge in [-0.05, 0) is 39.0 Å². The molecule has 6 heteroatoms. The van der Waals surface area contributed by atoms with Crippen molar-refractivity contribution in [1.29, 1.82) is 0 Å². The average Bonchev–Trinajstić information content (AvgIpc) is 2.32. The lowest BCUT2D eigenvalue weighted by molar-refractivity contribution is 0.0999. The molecular formula is C14H23NO4S. The second kappa shape index (κ2) is 6.56. The monoisotopic (exact) mass is 301 g/mol. The number of β-amino-alcohol motifs (C(OH)–C–C–N with tert-alkyl or cyclic N) is 1. The summed E-state index contributed by atoms with van der Waals surface area (Å²) in [7, 11) is -3.25. The molecule has 0 fully saturated rings. The van der Waals surface area contributed by atoms with E-state index in [0.29, 0.717) is 12.3 Å². The molecule has 1 aromatic carbocycles. The molecule has 0 aliphatic rings. The van der Waals surface area contributed by atoms with Gasteiger partial charge in [0.15, 0.2) is 9.84 Å². The maximum Gasteiger partial charge on any atom is 0.175 e. The molecule has 0 saturated carbocycles. The van der Waals surface area contributed by atoms with Gasteiger partial charge < -0.3 is 15.2 Å². The van der Waals surface area contributed by atoms with Crippen LogP contribution in [0.5, 0.6) is 5.75 Å². The molecule has 2 N–H and O–H groups in total. The summed E-state index contributed by atoms with van der Waals surface area (Å²) in [6, 6.07) is 6.25. The minimum Gasteiger partial charge on any atom is -0.491 e. The van der Waals surface area contributed by atoms with Gasteiger partial charge in [-0.3, -0.25) is 0 Å². The lowest BCUT2D eigenvalue weighted by Gasteiger charge is -2.23. The zero-order valence-electron chi connectivity index (χ0n) is 12.4. The van der Waals surface area contributed by atoms with Gasteiger partial charge in [0, 0.05) is 18.3 Å². The molecule has 0 amide bonds. The van der Waals surface area contributed by atoms with Crippen LogP contribution in [0.2, 0.25) is 0 Å². The maximum absolute atomic E-state index is 11.4. The Hall–Kier alpha value is -1.11. The van der Waals surface area contributed by atoms with Gasteiger partial charge in [0.25, 0.3) is 0 Å². The highest BCUT2D eigenvalue weighted by atomic mass is 32.2. The van der Waals surface area contributed by atoms with Crippen LogP contribution in [-0.4, -0.2) is 44.6 Å². The normalized spacial score (nSPS) is 14.1. The first-order valence-corrected chi connectivity index (χ1v) is 8.33. The number of aliphatic hydroxyl groups excluding tert-OH is 1. The zero-order valence-corrected chi connectivity index (χ0v) is 13.2. The molecule has 0 heterocycles. The molecule has 5 nitrogen and oxygen atoms in total. The standard InChI is InChI=1S/C14H23NO4S/c1-14(2,3)15-9-11(16)10-19-12-6-5-7-13(8-12)20(4,17)18/h5-8,11,15-16H,9-10H2,1-4H3. The van der Waals surface area contributed by atoms with Crippen molar-refractivity contribution in [3.05, 3.63) is 24.3 Å². The predicted octanol–water partition coefficient (Wildman–Crippen LogP) is 1.22. The first-order valence-electron chi connectivity index (χ1n) is 6.44. The van der Waals surface area contributed by atoms with E-state index in [1.807, 2.05) is 20.8 Å². The van der Waals surface area contributed by atoms with Crippen molar-refractivity contribution in [2.24, 2.45) is 0 Å². The molecule has 1 rings (SSSR count). The molecule has 1 aromatic rings. The Kier molecular flexibility index (Phi) is 5.56. The van der Waals surface area contributed by atoms with Crippen molar-refractivity contribution < 1.29 is 18.3 Å². The minimum atomic E-state index is -3.25. The number of hydrogen-bond acceptors (Lipinski definition) is 5. The summed E-state index contributed by atoms with van der Waals surface area (Å²) < 4.78 is 28.3. The largest absolute Gasteiger partial charge is 0.491 e. The Morgan fingerprint density at radius 3 is 2.55 bits per heavy atom. The van der Waals surface area contributed by atoms with E-state index in [4.69, 9.17) is 4.74 Å². The first kappa shape index (κ1) is 16.9. The van der Waals surface area contributed by atoms with E-state index in [2.05, 4.69) is 5.32 Å². The third-order valence-corrected chi connectivity index (χ3v) is 3.65. The molecule has 0 radical (unpaired) electrons. The molecule has 0 bridgehead atoms. The van der Waals surface area contributed by atoms with Gasteiger partial charge in [-0.2, -0.15) is 0 Å². The van der Waals surface area contributed by atoms with Gasteiger partial charge in [-0.15, -0.1) is 0 Å². The highest BCUT2D eigenvalue weighted by Gasteiger charge is 2.13. The van der Waals surface area contributed by atoms with Crippen LogP contribution in [0.4, 0.5) is 0 Å². The lowest BCUT2D eigenvalue weighted by Crippen LogP contribution is -2.42. The number of benzene rings is 1. The summed E-state index contributed by atoms with van der Waals surface area (Å²) in [6.07, 6.45) is 0.491. The number of ether oxygens (including phenoxy) is 1. The third kappa shape index (κ3) is 6.36. The summed E-state index contributed by atoms with van der Waals surface area (Å²) in [4.78, 5) is 0.206. The molecule has 1 atom stereocenters. The quantitative estimate of drug-likeness (QED) is 0.826. The van der Waals surface area contributed by atoms with E-state index in [9.17, 15) is 13.5 Å². The van der Waals surface area contributed by atoms with Crippen molar-refractivity contribution in [3.63, 3.8) is 0 Å². The van der Waals surface area contributed by atoms with Crippen LogP contribution in [0.25, 0.3) is 0 Å². The first-order chi connectivity index (χ1) is 9.08. The van der Waals surface area contributed by atoms with E-state index >= 15 is 0 Å². The summed E-state index contributed by atoms with van der Waals surface area (Å²) in [6.45, 7) is 6.55. The molecular weight excluding hydrogens is 278 g/mol. The highest BCUT2D eigenvalue weighted by molar-refractivity contribution is 7.90. The van der Waals surface area contributed by atoms with Gasteiger partial charge in [0.05, 0.1) is 4.90 Å². The van der Waals surface area contributed by atoms with Gasteiger partial charge >= 0.3 is 0 Å². The number of aliphatic hydroxyl groups is 1. The van der Waals surface area contributed by atoms with E-state index in [1.165, 1.54) is 12.1 Å². The van der Waals surface area contributed by atoms with Crippen LogP contribution in [0.3, 0.4) is 0 Å². The topological polar surface area (TPSA) is 75.6 Å². The van der Waals surface area contributed by atoms with Crippen LogP contribution < -0.4 is 10.1 Å². The van der Waals surface area contributed by atoms with E-state index in [-0.39, 0.29) is 17.0 Å². The minimum absolute atomic E-state index is 0.0722. The summed E-state index contributed by atoms with van der Waals surface area (Å²) in [5.74, 6) is 0.433. The van der Waals surface area contributed by atoms with Crippen molar-refractivity contribution in [3.8, 4) is 5.75 Å². The fourth-order valence-electron chi connectivity index (χ4n) is 1.47. The smallest absolute Gasteiger partial charge is 0.175 e. The van der Waals surface area contributed by atoms with Gasteiger partial charge in [-0.25, -0.2) is 8.42 Å². The summed E-state index contributed by atoms with van der Waals surface area (Å²) in [5, 5.41) is 13.0. The SMILES string of the molecule is CC(C)(C)NCC(O)COc1cccc(S(C)(=O)=O)c1. The van der Waals surface area contributed by atoms with Gasteiger partial charge in [0.2, 0.25) is 0 Å². The van der Waals surface area contributed by atoms with Crippen LogP contribution in [0, 0.1) is 0 Å². The predicted molar refractivity (Wildman–Crippen MR) is 78.8 cm³/mol. The Balaban J connectivity index is 2.54. The summed E-state index contributed by atoms with van der Waals surface area (Å²) in [5.41, 5.74) is -0.0722. The van der Waals surface area contributed by atoms with E-state index in [1.54, 1.807) is 12.1 Å². The number of nitrogens with one attached hydrogen (secondary N) is 1. The fourth-order valence-corrected chi connectivity index (χ4v) is 2.13. The Morgan fingerprint density at radius 2 is 2.00 bits per heavy atom. The maximum atomic E-state index is 11.4. The molecule has 1 unspecified atom stereocenters. The fraction of sp³-hybridized carbons (Fsp3) is 0.571. The van der Waals surface area contributed by atoms with Crippen molar-refractivity contribution >= 4 is 9.84 Å². The highest BCUT2D eigenvalue weighted by Crippen LogP contribution is 2.17. The molecule has 0 aromatic heterocycles. The number of rotatable bonds is 6. The summed E-state index contributed by atoms with van der Waals surface area (Å²) >= 11 is 0. The molecule has 114 valence electrons. The van der Waals surface area contributed by atoms with Crippen LogP contribution in [-0.2, 0) is 9.84 Å². The van der Waals surface area contributed by atoms with E-state index in [0.717, 1.165) is 6.26 Å². The zero-order chi connectivity index (χ0) is 15.4. The van der Waals surface area contributed by atoms with Gasteiger partial charge in [0.1, 0.15) is 18.5 Å². The molecule has 0 aliphatic carbocycles. The second-order valence-corrected chi connectivity index (χ2v) is 7.86. The molecule has 20 heavy (non-hydrogen) atoms. The second-order valence-electron chi connectivity index (χ2n) is 5.84. The molecule has 0 spiro atoms. The third-order valence-electron chi connectivity index (χ3n) is 2.54. The Bertz CT molecular complexity index is 534. The van der Waals surface area contributed by atoms with Crippen LogP contribution in [0.1, 0.15) is 20.8 Å². The average molecular weight is 301 g/mol. The van der Waals surface area contributed by atoms with E-state index < -0.39 is 15.9 Å².